The van der Waals surface area contributed by atoms with Crippen molar-refractivity contribution in [2.45, 2.75) is 39.0 Å². The van der Waals surface area contributed by atoms with E-state index in [0.29, 0.717) is 13.3 Å². The lowest BCUT2D eigenvalue weighted by atomic mass is 10.3. The second kappa shape index (κ2) is 7.04. The molecule has 0 aliphatic heterocycles. The minimum absolute atomic E-state index is 0.490. The summed E-state index contributed by atoms with van der Waals surface area (Å²) in [6.45, 7) is 8.89. The van der Waals surface area contributed by atoms with Gasteiger partial charge in [-0.3, -0.25) is 0 Å². The minimum Gasteiger partial charge on any atom is -0.377 e. The van der Waals surface area contributed by atoms with E-state index in [1.54, 1.807) is 7.11 Å². The molecule has 0 aliphatic carbocycles. The number of benzene rings is 1. The van der Waals surface area contributed by atoms with Crippen LogP contribution in [-0.2, 0) is 22.8 Å². The Kier molecular flexibility index (Phi) is 5.59. The molecule has 0 spiro atoms. The Morgan fingerprint density at radius 2 is 2.05 bits per heavy atom. The molecule has 1 aromatic carbocycles. The number of nitrogens with zero attached hydrogens (tertiary/aromatic N) is 2. The third-order valence-electron chi connectivity index (χ3n) is 3.28. The van der Waals surface area contributed by atoms with E-state index in [0.717, 1.165) is 27.9 Å². The third-order valence-corrected chi connectivity index (χ3v) is 5.48. The number of aromatic nitrogens is 2. The van der Waals surface area contributed by atoms with E-state index in [-0.39, 0.29) is 0 Å². The van der Waals surface area contributed by atoms with Gasteiger partial charge in [0.1, 0.15) is 19.2 Å². The van der Waals surface area contributed by atoms with Crippen LogP contribution in [-0.4, -0.2) is 31.3 Å². The van der Waals surface area contributed by atoms with E-state index in [1.165, 1.54) is 6.04 Å². The van der Waals surface area contributed by atoms with Gasteiger partial charge in [-0.15, -0.1) is 0 Å². The maximum absolute atomic E-state index is 5.88. The molecule has 0 N–H and O–H groups in total. The molecule has 2 aromatic rings. The zero-order valence-corrected chi connectivity index (χ0v) is 15.7. The second-order valence-electron chi connectivity index (χ2n) is 6.37. The van der Waals surface area contributed by atoms with Crippen molar-refractivity contribution in [1.29, 1.82) is 0 Å². The average molecular weight is 371 g/mol. The van der Waals surface area contributed by atoms with Crippen molar-refractivity contribution < 1.29 is 9.47 Å². The molecular weight excluding hydrogens is 348 g/mol. The van der Waals surface area contributed by atoms with Crippen LogP contribution in [0.2, 0.25) is 25.7 Å². The van der Waals surface area contributed by atoms with E-state index in [9.17, 15) is 0 Å². The fourth-order valence-corrected chi connectivity index (χ4v) is 3.17. The van der Waals surface area contributed by atoms with Crippen molar-refractivity contribution in [2.24, 2.45) is 0 Å². The average Bonchev–Trinajstić information content (AvgIpc) is 2.71. The molecule has 0 amide bonds. The smallest absolute Gasteiger partial charge is 0.137 e. The van der Waals surface area contributed by atoms with Crippen LogP contribution < -0.4 is 0 Å². The van der Waals surface area contributed by atoms with E-state index in [2.05, 4.69) is 51.2 Å². The van der Waals surface area contributed by atoms with Gasteiger partial charge in [-0.2, -0.15) is 0 Å². The van der Waals surface area contributed by atoms with Crippen LogP contribution in [0.5, 0.6) is 0 Å². The van der Waals surface area contributed by atoms with Crippen molar-refractivity contribution in [1.82, 2.24) is 9.55 Å². The molecule has 116 valence electrons. The minimum atomic E-state index is -1.05. The van der Waals surface area contributed by atoms with Gasteiger partial charge in [0.15, 0.2) is 0 Å². The van der Waals surface area contributed by atoms with Crippen LogP contribution >= 0.6 is 15.9 Å². The molecule has 1 aromatic heterocycles. The molecule has 0 saturated carbocycles. The van der Waals surface area contributed by atoms with Gasteiger partial charge < -0.3 is 14.0 Å². The van der Waals surface area contributed by atoms with Crippen LogP contribution in [0.1, 0.15) is 5.82 Å². The van der Waals surface area contributed by atoms with Crippen LogP contribution in [0.3, 0.4) is 0 Å². The predicted octanol–water partition coefficient (Wildman–Crippen LogP) is 4.26. The maximum Gasteiger partial charge on any atom is 0.137 e. The molecule has 0 atom stereocenters. The van der Waals surface area contributed by atoms with Gasteiger partial charge in [-0.05, 0) is 24.2 Å². The van der Waals surface area contributed by atoms with E-state index >= 15 is 0 Å². The Hall–Kier alpha value is -0.693. The van der Waals surface area contributed by atoms with Crippen LogP contribution in [0, 0.1) is 0 Å². The maximum atomic E-state index is 5.88. The number of rotatable bonds is 7. The van der Waals surface area contributed by atoms with Gasteiger partial charge in [0.05, 0.1) is 11.0 Å². The van der Waals surface area contributed by atoms with Crippen molar-refractivity contribution >= 4 is 35.0 Å². The Balaban J connectivity index is 2.15. The molecule has 0 bridgehead atoms. The highest BCUT2D eigenvalue weighted by Crippen LogP contribution is 2.22. The first-order valence-corrected chi connectivity index (χ1v) is 11.6. The SMILES string of the molecule is COCc1nc2ccc(Br)cc2n1COCC[Si](C)(C)C. The van der Waals surface area contributed by atoms with Crippen molar-refractivity contribution in [3.05, 3.63) is 28.5 Å². The molecule has 0 unspecified atom stereocenters. The summed E-state index contributed by atoms with van der Waals surface area (Å²) in [5, 5.41) is 0. The number of methoxy groups -OCH3 is 1. The third kappa shape index (κ3) is 4.64. The number of imidazole rings is 1. The first-order chi connectivity index (χ1) is 9.90. The van der Waals surface area contributed by atoms with Gasteiger partial charge in [-0.1, -0.05) is 35.6 Å². The van der Waals surface area contributed by atoms with Crippen LogP contribution in [0.15, 0.2) is 22.7 Å². The van der Waals surface area contributed by atoms with Gasteiger partial charge in [-0.25, -0.2) is 4.98 Å². The fourth-order valence-electron chi connectivity index (χ4n) is 2.06. The van der Waals surface area contributed by atoms with Crippen molar-refractivity contribution in [2.75, 3.05) is 13.7 Å². The molecule has 21 heavy (non-hydrogen) atoms. The number of ether oxygens (including phenoxy) is 2. The van der Waals surface area contributed by atoms with Gasteiger partial charge in [0, 0.05) is 26.3 Å². The summed E-state index contributed by atoms with van der Waals surface area (Å²) in [4.78, 5) is 4.62. The fraction of sp³-hybridized carbons (Fsp3) is 0.533. The zero-order chi connectivity index (χ0) is 15.5. The quantitative estimate of drug-likeness (QED) is 0.539. The largest absolute Gasteiger partial charge is 0.377 e. The van der Waals surface area contributed by atoms with Gasteiger partial charge in [0.2, 0.25) is 0 Å². The Morgan fingerprint density at radius 1 is 1.29 bits per heavy atom. The van der Waals surface area contributed by atoms with E-state index < -0.39 is 8.07 Å². The zero-order valence-electron chi connectivity index (χ0n) is 13.1. The van der Waals surface area contributed by atoms with E-state index in [4.69, 9.17) is 9.47 Å². The summed E-state index contributed by atoms with van der Waals surface area (Å²) in [5.41, 5.74) is 2.04. The Bertz CT molecular complexity index is 607. The lowest BCUT2D eigenvalue weighted by Crippen LogP contribution is -2.22. The molecule has 4 nitrogen and oxygen atoms in total. The molecule has 0 fully saturated rings. The monoisotopic (exact) mass is 370 g/mol. The lowest BCUT2D eigenvalue weighted by Gasteiger charge is -2.16. The van der Waals surface area contributed by atoms with Gasteiger partial charge in [0.25, 0.3) is 0 Å². The second-order valence-corrected chi connectivity index (χ2v) is 12.9. The molecule has 0 radical (unpaired) electrons. The lowest BCUT2D eigenvalue weighted by molar-refractivity contribution is 0.0815. The predicted molar refractivity (Wildman–Crippen MR) is 92.3 cm³/mol. The Morgan fingerprint density at radius 3 is 2.71 bits per heavy atom. The van der Waals surface area contributed by atoms with Crippen LogP contribution in [0.25, 0.3) is 11.0 Å². The summed E-state index contributed by atoms with van der Waals surface area (Å²) < 4.78 is 14.3. The number of hydrogen-bond acceptors (Lipinski definition) is 3. The summed E-state index contributed by atoms with van der Waals surface area (Å²) in [6.07, 6.45) is 0. The standard InChI is InChI=1S/C15H23BrN2O2Si/c1-19-10-15-17-13-6-5-12(16)9-14(13)18(15)11-20-7-8-21(2,3)4/h5-6,9H,7-8,10-11H2,1-4H3. The highest BCUT2D eigenvalue weighted by Gasteiger charge is 2.14. The summed E-state index contributed by atoms with van der Waals surface area (Å²) in [6, 6.07) is 7.26. The highest BCUT2D eigenvalue weighted by molar-refractivity contribution is 9.10. The summed E-state index contributed by atoms with van der Waals surface area (Å²) in [7, 11) is 0.633. The van der Waals surface area contributed by atoms with Gasteiger partial charge >= 0.3 is 0 Å². The highest BCUT2D eigenvalue weighted by atomic mass is 79.9. The molecule has 6 heteroatoms. The Labute approximate surface area is 135 Å². The first kappa shape index (κ1) is 16.7. The van der Waals surface area contributed by atoms with Crippen LogP contribution in [0.4, 0.5) is 0 Å². The molecule has 1 heterocycles. The normalized spacial score (nSPS) is 12.2. The number of halogens is 1. The first-order valence-electron chi connectivity index (χ1n) is 7.12. The van der Waals surface area contributed by atoms with Crippen molar-refractivity contribution in [3.8, 4) is 0 Å². The molecule has 0 saturated heterocycles. The summed E-state index contributed by atoms with van der Waals surface area (Å²) >= 11 is 3.52. The summed E-state index contributed by atoms with van der Waals surface area (Å²) in [5.74, 6) is 0.901. The van der Waals surface area contributed by atoms with E-state index in [1.807, 2.05) is 12.1 Å². The molecule has 2 rings (SSSR count). The number of fused-ring (bicyclic) bond motifs is 1. The topological polar surface area (TPSA) is 36.3 Å². The number of hydrogen-bond donors (Lipinski definition) is 0. The van der Waals surface area contributed by atoms with Crippen molar-refractivity contribution in [3.63, 3.8) is 0 Å². The molecule has 0 aliphatic rings. The molecular formula is C15H23BrN2O2Si.